The van der Waals surface area contributed by atoms with E-state index in [1.54, 1.807) is 0 Å². The summed E-state index contributed by atoms with van der Waals surface area (Å²) in [5, 5.41) is 3.05. The molecule has 0 saturated heterocycles. The molecular weight excluding hydrogens is 200 g/mol. The van der Waals surface area contributed by atoms with Crippen molar-refractivity contribution in [1.82, 2.24) is 10.2 Å². The van der Waals surface area contributed by atoms with E-state index in [-0.39, 0.29) is 11.8 Å². The number of hydrogen-bond acceptors (Lipinski definition) is 2. The first kappa shape index (κ1) is 11.1. The monoisotopic (exact) mass is 218 g/mol. The Labute approximate surface area is 96.5 Å². The number of benzene rings is 1. The summed E-state index contributed by atoms with van der Waals surface area (Å²) in [6, 6.07) is 8.27. The fourth-order valence-corrected chi connectivity index (χ4v) is 2.19. The first-order valence-corrected chi connectivity index (χ1v) is 5.72. The van der Waals surface area contributed by atoms with E-state index in [0.29, 0.717) is 0 Å². The second kappa shape index (κ2) is 4.66. The van der Waals surface area contributed by atoms with E-state index in [4.69, 9.17) is 0 Å². The summed E-state index contributed by atoms with van der Waals surface area (Å²) in [4.78, 5) is 14.0. The Morgan fingerprint density at radius 2 is 1.94 bits per heavy atom. The zero-order valence-electron chi connectivity index (χ0n) is 9.86. The molecule has 1 N–H and O–H groups in total. The largest absolute Gasteiger partial charge is 0.334 e. The van der Waals surface area contributed by atoms with Crippen molar-refractivity contribution in [3.63, 3.8) is 0 Å². The van der Waals surface area contributed by atoms with E-state index in [0.717, 1.165) is 19.6 Å². The van der Waals surface area contributed by atoms with Crippen LogP contribution in [0.1, 0.15) is 18.1 Å². The molecule has 1 aromatic rings. The number of carbonyl (C=O) groups excluding carboxylic acids is 1. The van der Waals surface area contributed by atoms with Crippen molar-refractivity contribution in [3.05, 3.63) is 35.4 Å². The van der Waals surface area contributed by atoms with Gasteiger partial charge in [0.05, 0.1) is 0 Å². The summed E-state index contributed by atoms with van der Waals surface area (Å²) in [5.41, 5.74) is 2.57. The molecule has 1 aliphatic heterocycles. The van der Waals surface area contributed by atoms with Crippen molar-refractivity contribution in [2.24, 2.45) is 5.92 Å². The summed E-state index contributed by atoms with van der Waals surface area (Å²) in [5.74, 6) is 0.296. The molecular formula is C13H18N2O. The molecule has 16 heavy (non-hydrogen) atoms. The van der Waals surface area contributed by atoms with Gasteiger partial charge in [-0.3, -0.25) is 4.79 Å². The van der Waals surface area contributed by atoms with Crippen LogP contribution in [0.5, 0.6) is 0 Å². The Bertz CT molecular complexity index is 364. The molecule has 1 heterocycles. The second-order valence-electron chi connectivity index (χ2n) is 4.42. The number of carbonyl (C=O) groups is 1. The summed E-state index contributed by atoms with van der Waals surface area (Å²) in [6.45, 7) is 4.25. The van der Waals surface area contributed by atoms with Gasteiger partial charge in [-0.15, -0.1) is 0 Å². The van der Waals surface area contributed by atoms with Crippen LogP contribution < -0.4 is 5.32 Å². The van der Waals surface area contributed by atoms with Crippen molar-refractivity contribution in [2.75, 3.05) is 13.6 Å². The number of fused-ring (bicyclic) bond motifs is 1. The molecule has 1 amide bonds. The zero-order chi connectivity index (χ0) is 11.5. The number of nitrogens with zero attached hydrogens (tertiary/aromatic N) is 1. The van der Waals surface area contributed by atoms with Gasteiger partial charge in [-0.25, -0.2) is 0 Å². The van der Waals surface area contributed by atoms with Crippen molar-refractivity contribution >= 4 is 5.91 Å². The first-order valence-electron chi connectivity index (χ1n) is 5.72. The third kappa shape index (κ3) is 2.09. The Kier molecular flexibility index (Phi) is 3.25. The van der Waals surface area contributed by atoms with Gasteiger partial charge in [-0.05, 0) is 18.2 Å². The van der Waals surface area contributed by atoms with Gasteiger partial charge < -0.3 is 10.2 Å². The maximum absolute atomic E-state index is 12.1. The Hall–Kier alpha value is -1.35. The molecule has 0 saturated carbocycles. The predicted octanol–water partition coefficient (Wildman–Crippen LogP) is 1.38. The highest BCUT2D eigenvalue weighted by Gasteiger charge is 2.25. The van der Waals surface area contributed by atoms with Crippen LogP contribution in [0, 0.1) is 5.92 Å². The molecule has 1 atom stereocenters. The van der Waals surface area contributed by atoms with Crippen LogP contribution in [0.3, 0.4) is 0 Å². The number of hydrogen-bond donors (Lipinski definition) is 1. The van der Waals surface area contributed by atoms with E-state index in [2.05, 4.69) is 17.4 Å². The van der Waals surface area contributed by atoms with Gasteiger partial charge in [0.1, 0.15) is 0 Å². The van der Waals surface area contributed by atoms with Gasteiger partial charge in [0.25, 0.3) is 0 Å². The van der Waals surface area contributed by atoms with Gasteiger partial charge in [0.15, 0.2) is 0 Å². The standard InChI is InChI=1S/C13H18N2O/c1-10(7-14-2)13(16)15-8-11-5-3-4-6-12(11)9-15/h3-6,10,14H,7-9H2,1-2H3. The molecule has 1 unspecified atom stereocenters. The lowest BCUT2D eigenvalue weighted by Crippen LogP contribution is -2.35. The molecule has 0 aliphatic carbocycles. The molecule has 2 rings (SSSR count). The van der Waals surface area contributed by atoms with Gasteiger partial charge in [-0.1, -0.05) is 31.2 Å². The second-order valence-corrected chi connectivity index (χ2v) is 4.42. The molecule has 0 radical (unpaired) electrons. The fourth-order valence-electron chi connectivity index (χ4n) is 2.19. The Balaban J connectivity index is 2.03. The minimum Gasteiger partial charge on any atom is -0.334 e. The topological polar surface area (TPSA) is 32.3 Å². The summed E-state index contributed by atoms with van der Waals surface area (Å²) < 4.78 is 0. The van der Waals surface area contributed by atoms with Gasteiger partial charge in [0, 0.05) is 25.6 Å². The van der Waals surface area contributed by atoms with Crippen molar-refractivity contribution in [2.45, 2.75) is 20.0 Å². The summed E-state index contributed by atoms with van der Waals surface area (Å²) in [6.07, 6.45) is 0. The lowest BCUT2D eigenvalue weighted by molar-refractivity contribution is -0.135. The van der Waals surface area contributed by atoms with Gasteiger partial charge in [0.2, 0.25) is 5.91 Å². The Morgan fingerprint density at radius 1 is 1.38 bits per heavy atom. The molecule has 0 spiro atoms. The van der Waals surface area contributed by atoms with Gasteiger partial charge in [-0.2, -0.15) is 0 Å². The van der Waals surface area contributed by atoms with Crippen molar-refractivity contribution < 1.29 is 4.79 Å². The number of amides is 1. The molecule has 1 aliphatic rings. The molecule has 0 bridgehead atoms. The minimum atomic E-state index is 0.0549. The Morgan fingerprint density at radius 3 is 2.44 bits per heavy atom. The third-order valence-electron chi connectivity index (χ3n) is 3.08. The SMILES string of the molecule is CNCC(C)C(=O)N1Cc2ccccc2C1. The quantitative estimate of drug-likeness (QED) is 0.831. The summed E-state index contributed by atoms with van der Waals surface area (Å²) >= 11 is 0. The molecule has 0 aromatic heterocycles. The van der Waals surface area contributed by atoms with E-state index in [9.17, 15) is 4.79 Å². The van der Waals surface area contributed by atoms with Crippen LogP contribution in [-0.2, 0) is 17.9 Å². The smallest absolute Gasteiger partial charge is 0.227 e. The molecule has 1 aromatic carbocycles. The average Bonchev–Trinajstić information content (AvgIpc) is 2.71. The van der Waals surface area contributed by atoms with E-state index in [1.807, 2.05) is 31.0 Å². The van der Waals surface area contributed by atoms with Crippen LogP contribution in [0.2, 0.25) is 0 Å². The van der Waals surface area contributed by atoms with Crippen LogP contribution in [0.4, 0.5) is 0 Å². The maximum Gasteiger partial charge on any atom is 0.227 e. The minimum absolute atomic E-state index is 0.0549. The highest BCUT2D eigenvalue weighted by atomic mass is 16.2. The van der Waals surface area contributed by atoms with E-state index >= 15 is 0 Å². The van der Waals surface area contributed by atoms with Crippen LogP contribution in [-0.4, -0.2) is 24.4 Å². The van der Waals surface area contributed by atoms with Gasteiger partial charge >= 0.3 is 0 Å². The molecule has 86 valence electrons. The highest BCUT2D eigenvalue weighted by molar-refractivity contribution is 5.79. The highest BCUT2D eigenvalue weighted by Crippen LogP contribution is 2.23. The summed E-state index contributed by atoms with van der Waals surface area (Å²) in [7, 11) is 1.88. The number of nitrogens with one attached hydrogen (secondary N) is 1. The normalized spacial score (nSPS) is 16.0. The fraction of sp³-hybridized carbons (Fsp3) is 0.462. The van der Waals surface area contributed by atoms with Crippen LogP contribution in [0.15, 0.2) is 24.3 Å². The molecule has 0 fully saturated rings. The predicted molar refractivity (Wildman–Crippen MR) is 63.8 cm³/mol. The molecule has 3 nitrogen and oxygen atoms in total. The lowest BCUT2D eigenvalue weighted by Gasteiger charge is -2.20. The molecule has 3 heteroatoms. The van der Waals surface area contributed by atoms with E-state index < -0.39 is 0 Å². The number of rotatable bonds is 3. The van der Waals surface area contributed by atoms with Crippen molar-refractivity contribution in [3.8, 4) is 0 Å². The van der Waals surface area contributed by atoms with E-state index in [1.165, 1.54) is 11.1 Å². The first-order chi connectivity index (χ1) is 7.72. The van der Waals surface area contributed by atoms with Crippen LogP contribution in [0.25, 0.3) is 0 Å². The van der Waals surface area contributed by atoms with Crippen molar-refractivity contribution in [1.29, 1.82) is 0 Å². The average molecular weight is 218 g/mol. The lowest BCUT2D eigenvalue weighted by atomic mass is 10.1. The van der Waals surface area contributed by atoms with Crippen LogP contribution >= 0.6 is 0 Å². The maximum atomic E-state index is 12.1. The third-order valence-corrected chi connectivity index (χ3v) is 3.08. The zero-order valence-corrected chi connectivity index (χ0v) is 9.86.